The number of halogens is 1. The number of ether oxygens (including phenoxy) is 1. The van der Waals surface area contributed by atoms with Gasteiger partial charge in [0.1, 0.15) is 21.2 Å². The zero-order valence-electron chi connectivity index (χ0n) is 20.6. The van der Waals surface area contributed by atoms with Crippen LogP contribution in [0.5, 0.6) is 0 Å². The number of thiazole rings is 1. The molecule has 190 valence electrons. The molecular weight excluding hydrogens is 499 g/mol. The maximum atomic E-state index is 14.3. The smallest absolute Gasteiger partial charge is 0.255 e. The molecule has 1 saturated heterocycles. The fraction of sp³-hybridized carbons (Fsp3) is 0.167. The molecule has 38 heavy (non-hydrogen) atoms. The highest BCUT2D eigenvalue weighted by Crippen LogP contribution is 2.34. The molecule has 1 amide bonds. The van der Waals surface area contributed by atoms with E-state index < -0.39 is 0 Å². The van der Waals surface area contributed by atoms with Crippen molar-refractivity contribution in [1.29, 1.82) is 0 Å². The van der Waals surface area contributed by atoms with Crippen LogP contribution >= 0.6 is 11.3 Å². The molecule has 1 N–H and O–H groups in total. The molecular formula is C30H25FN4O2S. The molecule has 1 aliphatic heterocycles. The monoisotopic (exact) mass is 524 g/mol. The summed E-state index contributed by atoms with van der Waals surface area (Å²) >= 11 is 1.49. The van der Waals surface area contributed by atoms with Crippen LogP contribution in [0.3, 0.4) is 0 Å². The fourth-order valence-corrected chi connectivity index (χ4v) is 5.51. The summed E-state index contributed by atoms with van der Waals surface area (Å²) in [5.74, 6) is -0.601. The summed E-state index contributed by atoms with van der Waals surface area (Å²) in [5, 5.41) is 3.81. The first kappa shape index (κ1) is 24.4. The second-order valence-electron chi connectivity index (χ2n) is 9.14. The largest absolute Gasteiger partial charge is 0.379 e. The lowest BCUT2D eigenvalue weighted by molar-refractivity contribution is 0.0341. The molecule has 8 heteroatoms. The number of rotatable bonds is 6. The maximum Gasteiger partial charge on any atom is 0.255 e. The molecule has 6 nitrogen and oxygen atoms in total. The number of para-hydroxylation sites is 1. The average Bonchev–Trinajstić information content (AvgIpc) is 3.37. The zero-order chi connectivity index (χ0) is 25.9. The standard InChI is InChI=1S/C30H25FN4O2S/c31-25-10-3-1-8-23(25)21-6-5-7-22(17-21)28(36)33-26-11-4-2-9-24(26)29-34-27-16-20(18-32-30(27)38-29)19-35-12-14-37-15-13-35/h1-11,16-18H,12-15,19H2,(H,33,36). The molecule has 0 unspecified atom stereocenters. The van der Waals surface area contributed by atoms with Gasteiger partial charge in [0.05, 0.1) is 18.9 Å². The van der Waals surface area contributed by atoms with Gasteiger partial charge in [-0.05, 0) is 47.5 Å². The molecule has 0 atom stereocenters. The molecule has 0 spiro atoms. The van der Waals surface area contributed by atoms with Gasteiger partial charge in [-0.1, -0.05) is 53.8 Å². The van der Waals surface area contributed by atoms with E-state index in [1.165, 1.54) is 17.4 Å². The molecule has 2 aromatic heterocycles. The predicted molar refractivity (Wildman–Crippen MR) is 149 cm³/mol. The molecule has 6 rings (SSSR count). The number of anilines is 1. The van der Waals surface area contributed by atoms with E-state index in [4.69, 9.17) is 9.72 Å². The highest BCUT2D eigenvalue weighted by atomic mass is 32.1. The number of hydrogen-bond donors (Lipinski definition) is 1. The van der Waals surface area contributed by atoms with E-state index in [2.05, 4.69) is 21.3 Å². The van der Waals surface area contributed by atoms with Gasteiger partial charge in [0.2, 0.25) is 0 Å². The molecule has 0 radical (unpaired) electrons. The van der Waals surface area contributed by atoms with Crippen molar-refractivity contribution in [2.75, 3.05) is 31.6 Å². The van der Waals surface area contributed by atoms with Crippen molar-refractivity contribution in [1.82, 2.24) is 14.9 Å². The van der Waals surface area contributed by atoms with Crippen molar-refractivity contribution >= 4 is 33.3 Å². The van der Waals surface area contributed by atoms with Gasteiger partial charge in [-0.3, -0.25) is 9.69 Å². The van der Waals surface area contributed by atoms with Gasteiger partial charge in [0.25, 0.3) is 5.91 Å². The van der Waals surface area contributed by atoms with Crippen LogP contribution in [0.15, 0.2) is 85.1 Å². The Morgan fingerprint density at radius 2 is 1.76 bits per heavy atom. The van der Waals surface area contributed by atoms with Gasteiger partial charge in [-0.15, -0.1) is 0 Å². The number of fused-ring (bicyclic) bond motifs is 1. The maximum absolute atomic E-state index is 14.3. The Morgan fingerprint density at radius 3 is 2.61 bits per heavy atom. The Morgan fingerprint density at radius 1 is 0.974 bits per heavy atom. The number of benzene rings is 3. The first-order valence-corrected chi connectivity index (χ1v) is 13.3. The molecule has 5 aromatic rings. The van der Waals surface area contributed by atoms with Crippen LogP contribution in [0.4, 0.5) is 10.1 Å². The molecule has 0 saturated carbocycles. The summed E-state index contributed by atoms with van der Waals surface area (Å²) in [6.45, 7) is 4.16. The first-order chi connectivity index (χ1) is 18.6. The summed E-state index contributed by atoms with van der Waals surface area (Å²) in [5.41, 5.74) is 4.98. The van der Waals surface area contributed by atoms with Crippen LogP contribution in [-0.4, -0.2) is 47.1 Å². The quantitative estimate of drug-likeness (QED) is 0.284. The minimum Gasteiger partial charge on any atom is -0.379 e. The Hall–Kier alpha value is -3.98. The zero-order valence-corrected chi connectivity index (χ0v) is 21.4. The lowest BCUT2D eigenvalue weighted by Gasteiger charge is -2.26. The fourth-order valence-electron chi connectivity index (χ4n) is 4.58. The van der Waals surface area contributed by atoms with Crippen LogP contribution in [0.1, 0.15) is 15.9 Å². The van der Waals surface area contributed by atoms with Crippen molar-refractivity contribution in [3.63, 3.8) is 0 Å². The number of carbonyl (C=O) groups excluding carboxylic acids is 1. The van der Waals surface area contributed by atoms with Gasteiger partial charge >= 0.3 is 0 Å². The summed E-state index contributed by atoms with van der Waals surface area (Å²) in [6, 6.07) is 23.2. The topological polar surface area (TPSA) is 67.4 Å². The number of carbonyl (C=O) groups is 1. The SMILES string of the molecule is O=C(Nc1ccccc1-c1nc2cc(CN3CCOCC3)cnc2s1)c1cccc(-c2ccccc2F)c1. The number of nitrogens with zero attached hydrogens (tertiary/aromatic N) is 3. The van der Waals surface area contributed by atoms with Crippen LogP contribution in [0.2, 0.25) is 0 Å². The minimum absolute atomic E-state index is 0.275. The van der Waals surface area contributed by atoms with Crippen molar-refractivity contribution in [3.05, 3.63) is 102 Å². The second kappa shape index (κ2) is 10.8. The highest BCUT2D eigenvalue weighted by Gasteiger charge is 2.16. The lowest BCUT2D eigenvalue weighted by atomic mass is 10.0. The Bertz CT molecular complexity index is 1610. The van der Waals surface area contributed by atoms with Gasteiger partial charge < -0.3 is 10.1 Å². The summed E-state index contributed by atoms with van der Waals surface area (Å²) in [7, 11) is 0. The number of morpholine rings is 1. The van der Waals surface area contributed by atoms with E-state index in [1.807, 2.05) is 30.5 Å². The van der Waals surface area contributed by atoms with E-state index in [9.17, 15) is 9.18 Å². The van der Waals surface area contributed by atoms with Crippen LogP contribution in [-0.2, 0) is 11.3 Å². The van der Waals surface area contributed by atoms with Gasteiger partial charge in [0.15, 0.2) is 0 Å². The van der Waals surface area contributed by atoms with E-state index in [0.29, 0.717) is 22.4 Å². The summed E-state index contributed by atoms with van der Waals surface area (Å²) < 4.78 is 19.8. The van der Waals surface area contributed by atoms with Crippen LogP contribution < -0.4 is 5.32 Å². The van der Waals surface area contributed by atoms with Crippen molar-refractivity contribution in [2.24, 2.45) is 0 Å². The number of aromatic nitrogens is 2. The van der Waals surface area contributed by atoms with E-state index in [0.717, 1.165) is 59.3 Å². The van der Waals surface area contributed by atoms with Crippen molar-refractivity contribution in [2.45, 2.75) is 6.54 Å². The second-order valence-corrected chi connectivity index (χ2v) is 10.1. The normalized spacial score (nSPS) is 14.0. The third-order valence-electron chi connectivity index (χ3n) is 6.53. The Labute approximate surface area is 223 Å². The third-order valence-corrected chi connectivity index (χ3v) is 7.54. The van der Waals surface area contributed by atoms with E-state index >= 15 is 0 Å². The van der Waals surface area contributed by atoms with Gasteiger partial charge in [-0.2, -0.15) is 0 Å². The number of amides is 1. The van der Waals surface area contributed by atoms with E-state index in [-0.39, 0.29) is 11.7 Å². The Balaban J connectivity index is 1.25. The minimum atomic E-state index is -0.326. The predicted octanol–water partition coefficient (Wildman–Crippen LogP) is 6.25. The number of hydrogen-bond acceptors (Lipinski definition) is 6. The molecule has 1 aliphatic rings. The molecule has 3 heterocycles. The van der Waals surface area contributed by atoms with E-state index in [1.54, 1.807) is 42.5 Å². The summed E-state index contributed by atoms with van der Waals surface area (Å²) in [4.78, 5) is 25.9. The average molecular weight is 525 g/mol. The number of nitrogens with one attached hydrogen (secondary N) is 1. The molecule has 0 aliphatic carbocycles. The van der Waals surface area contributed by atoms with Gasteiger partial charge in [0, 0.05) is 42.5 Å². The third kappa shape index (κ3) is 5.19. The molecule has 0 bridgehead atoms. The van der Waals surface area contributed by atoms with Crippen molar-refractivity contribution < 1.29 is 13.9 Å². The molecule has 3 aromatic carbocycles. The van der Waals surface area contributed by atoms with Crippen molar-refractivity contribution in [3.8, 4) is 21.7 Å². The summed E-state index contributed by atoms with van der Waals surface area (Å²) in [6.07, 6.45) is 1.91. The highest BCUT2D eigenvalue weighted by molar-refractivity contribution is 7.21. The van der Waals surface area contributed by atoms with Crippen LogP contribution in [0, 0.1) is 5.82 Å². The first-order valence-electron chi connectivity index (χ1n) is 12.5. The van der Waals surface area contributed by atoms with Gasteiger partial charge in [-0.25, -0.2) is 14.4 Å². The molecule has 1 fully saturated rings. The number of pyridine rings is 1. The lowest BCUT2D eigenvalue weighted by Crippen LogP contribution is -2.35. The van der Waals surface area contributed by atoms with Crippen LogP contribution in [0.25, 0.3) is 32.0 Å². The Kier molecular flexibility index (Phi) is 6.92.